The van der Waals surface area contributed by atoms with E-state index in [-0.39, 0.29) is 0 Å². The molecule has 2 aromatic rings. The molecule has 2 aromatic carbocycles. The summed E-state index contributed by atoms with van der Waals surface area (Å²) in [5.41, 5.74) is 2.09. The van der Waals surface area contributed by atoms with Crippen LogP contribution in [0.3, 0.4) is 0 Å². The van der Waals surface area contributed by atoms with Gasteiger partial charge in [0.05, 0.1) is 6.61 Å². The Bertz CT molecular complexity index is 553. The Morgan fingerprint density at radius 3 is 2.04 bits per heavy atom. The molecule has 2 rings (SSSR count). The van der Waals surface area contributed by atoms with Crippen LogP contribution in [0.25, 0.3) is 10.8 Å². The molecule has 0 saturated heterocycles. The summed E-state index contributed by atoms with van der Waals surface area (Å²) in [6, 6.07) is 13.0. The molecule has 0 aliphatic rings. The molecular weight excluding hydrogens is 315 g/mol. The maximum Gasteiger partial charge on any atom is 0.119 e. The summed E-state index contributed by atoms with van der Waals surface area (Å²) >= 11 is 0. The lowest BCUT2D eigenvalue weighted by molar-refractivity contribution is -0.106. The van der Waals surface area contributed by atoms with Gasteiger partial charge in [0.1, 0.15) is 12.0 Å². The van der Waals surface area contributed by atoms with E-state index in [1.807, 2.05) is 34.6 Å². The molecule has 0 radical (unpaired) electrons. The van der Waals surface area contributed by atoms with E-state index < -0.39 is 0 Å². The molecule has 0 bridgehead atoms. The van der Waals surface area contributed by atoms with Crippen molar-refractivity contribution in [2.75, 3.05) is 13.3 Å². The minimum atomic E-state index is 0.658. The van der Waals surface area contributed by atoms with Crippen molar-refractivity contribution in [1.29, 1.82) is 0 Å². The van der Waals surface area contributed by atoms with E-state index in [2.05, 4.69) is 50.0 Å². The van der Waals surface area contributed by atoms with Crippen LogP contribution in [0.15, 0.2) is 36.4 Å². The molecule has 24 heavy (non-hydrogen) atoms. The summed E-state index contributed by atoms with van der Waals surface area (Å²) in [5, 5.41) is 2.56. The highest BCUT2D eigenvalue weighted by Gasteiger charge is 2.04. The Kier molecular flexibility index (Phi) is 17.0. The van der Waals surface area contributed by atoms with Crippen molar-refractivity contribution in [3.8, 4) is 5.75 Å². The van der Waals surface area contributed by atoms with E-state index in [1.165, 1.54) is 23.3 Å². The molecule has 0 amide bonds. The fraction of sp³-hybridized carbons (Fsp3) is 0.476. The highest BCUT2D eigenvalue weighted by atomic mass is 31.1. The predicted octanol–water partition coefficient (Wildman–Crippen LogP) is 6.87. The monoisotopic (exact) mass is 350 g/mol. The lowest BCUT2D eigenvalue weighted by atomic mass is 10.1. The van der Waals surface area contributed by atoms with Crippen LogP contribution in [0.1, 0.15) is 59.7 Å². The second kappa shape index (κ2) is 16.5. The summed E-state index contributed by atoms with van der Waals surface area (Å²) in [7, 11) is 0.953. The first-order valence-corrected chi connectivity index (χ1v) is 10.5. The van der Waals surface area contributed by atoms with Crippen LogP contribution < -0.4 is 4.74 Å². The number of hydrogen-bond donors (Lipinski definition) is 0. The van der Waals surface area contributed by atoms with E-state index in [4.69, 9.17) is 9.53 Å². The quantitative estimate of drug-likeness (QED) is 0.444. The number of hydrogen-bond acceptors (Lipinski definition) is 2. The van der Waals surface area contributed by atoms with Gasteiger partial charge in [0.15, 0.2) is 0 Å². The van der Waals surface area contributed by atoms with Crippen LogP contribution in [0, 0.1) is 0 Å². The van der Waals surface area contributed by atoms with Crippen LogP contribution >= 0.6 is 8.58 Å². The van der Waals surface area contributed by atoms with Gasteiger partial charge < -0.3 is 9.53 Å². The standard InChI is InChI=1S/C15H19OP.C2H4O.2C2H6/c1-4-16-15-8-7-13-9-12(11(2)17-3)5-6-14(13)10-15;1-2-3;2*1-2/h5-11,17H,4H2,1-3H3;2H,1H3;2*1-2H3. The lowest BCUT2D eigenvalue weighted by Crippen LogP contribution is -1.91. The Labute approximate surface area is 150 Å². The van der Waals surface area contributed by atoms with Crippen molar-refractivity contribution < 1.29 is 9.53 Å². The van der Waals surface area contributed by atoms with Crippen molar-refractivity contribution in [2.45, 2.75) is 54.1 Å². The third kappa shape index (κ3) is 9.03. The summed E-state index contributed by atoms with van der Waals surface area (Å²) < 4.78 is 5.51. The van der Waals surface area contributed by atoms with Crippen LogP contribution in [0.5, 0.6) is 5.75 Å². The highest BCUT2D eigenvalue weighted by Crippen LogP contribution is 2.33. The third-order valence-corrected chi connectivity index (χ3v) is 4.28. The third-order valence-electron chi connectivity index (χ3n) is 3.08. The number of fused-ring (bicyclic) bond motifs is 1. The molecular formula is C21H35O2P. The first-order valence-electron chi connectivity index (χ1n) is 8.89. The second-order valence-corrected chi connectivity index (χ2v) is 5.89. The first-order chi connectivity index (χ1) is 11.7. The van der Waals surface area contributed by atoms with Crippen molar-refractivity contribution in [3.63, 3.8) is 0 Å². The zero-order valence-electron chi connectivity index (χ0n) is 16.6. The molecule has 0 aliphatic carbocycles. The minimum absolute atomic E-state index is 0.658. The number of aldehydes is 1. The molecule has 0 aromatic heterocycles. The Balaban J connectivity index is 0. The van der Waals surface area contributed by atoms with E-state index in [9.17, 15) is 0 Å². The molecule has 0 saturated carbocycles. The molecule has 0 fully saturated rings. The predicted molar refractivity (Wildman–Crippen MR) is 112 cm³/mol. The molecule has 2 unspecified atom stereocenters. The number of ether oxygens (including phenoxy) is 1. The smallest absolute Gasteiger partial charge is 0.119 e. The van der Waals surface area contributed by atoms with Crippen molar-refractivity contribution in [3.05, 3.63) is 42.0 Å². The topological polar surface area (TPSA) is 26.3 Å². The van der Waals surface area contributed by atoms with Crippen molar-refractivity contribution >= 4 is 25.6 Å². The summed E-state index contributed by atoms with van der Waals surface area (Å²) in [4.78, 5) is 8.81. The van der Waals surface area contributed by atoms with Crippen molar-refractivity contribution in [2.24, 2.45) is 0 Å². The van der Waals surface area contributed by atoms with Gasteiger partial charge >= 0.3 is 0 Å². The molecule has 3 heteroatoms. The molecule has 2 atom stereocenters. The van der Waals surface area contributed by atoms with Crippen LogP contribution in [0.4, 0.5) is 0 Å². The van der Waals surface area contributed by atoms with Gasteiger partial charge in [-0.25, -0.2) is 0 Å². The van der Waals surface area contributed by atoms with Gasteiger partial charge in [-0.05, 0) is 54.6 Å². The number of rotatable bonds is 4. The lowest BCUT2D eigenvalue weighted by Gasteiger charge is -2.11. The van der Waals surface area contributed by atoms with Gasteiger partial charge in [-0.3, -0.25) is 0 Å². The van der Waals surface area contributed by atoms with Crippen LogP contribution in [-0.4, -0.2) is 19.6 Å². The molecule has 0 aliphatic heterocycles. The highest BCUT2D eigenvalue weighted by molar-refractivity contribution is 7.37. The molecule has 0 N–H and O–H groups in total. The van der Waals surface area contributed by atoms with E-state index in [0.29, 0.717) is 5.66 Å². The summed E-state index contributed by atoms with van der Waals surface area (Å²) in [6.07, 6.45) is 0.750. The number of benzene rings is 2. The van der Waals surface area contributed by atoms with Gasteiger partial charge in [0.25, 0.3) is 0 Å². The van der Waals surface area contributed by atoms with Gasteiger partial charge in [-0.2, -0.15) is 0 Å². The van der Waals surface area contributed by atoms with Gasteiger partial charge in [-0.15, -0.1) is 8.58 Å². The molecule has 136 valence electrons. The Hall–Kier alpha value is -1.40. The first kappa shape index (κ1) is 24.8. The minimum Gasteiger partial charge on any atom is -0.494 e. The summed E-state index contributed by atoms with van der Waals surface area (Å²) in [5.74, 6) is 0.957. The van der Waals surface area contributed by atoms with Crippen molar-refractivity contribution in [1.82, 2.24) is 0 Å². The molecule has 0 heterocycles. The largest absolute Gasteiger partial charge is 0.494 e. The molecule has 2 nitrogen and oxygen atoms in total. The maximum atomic E-state index is 8.81. The number of carbonyl (C=O) groups excluding carboxylic acids is 1. The average molecular weight is 350 g/mol. The average Bonchev–Trinajstić information content (AvgIpc) is 2.65. The van der Waals surface area contributed by atoms with E-state index in [1.54, 1.807) is 0 Å². The normalized spacial score (nSPS) is 10.5. The second-order valence-electron chi connectivity index (χ2n) is 4.45. The maximum absolute atomic E-state index is 8.81. The Morgan fingerprint density at radius 2 is 1.54 bits per heavy atom. The van der Waals surface area contributed by atoms with Gasteiger partial charge in [-0.1, -0.05) is 58.9 Å². The fourth-order valence-corrected chi connectivity index (χ4v) is 2.45. The van der Waals surface area contributed by atoms with E-state index in [0.717, 1.165) is 27.2 Å². The van der Waals surface area contributed by atoms with Crippen LogP contribution in [-0.2, 0) is 4.79 Å². The van der Waals surface area contributed by atoms with Gasteiger partial charge in [0, 0.05) is 0 Å². The van der Waals surface area contributed by atoms with Gasteiger partial charge in [0.2, 0.25) is 0 Å². The summed E-state index contributed by atoms with van der Waals surface area (Å²) in [6.45, 7) is 16.7. The fourth-order valence-electron chi connectivity index (χ4n) is 1.93. The van der Waals surface area contributed by atoms with Crippen LogP contribution in [0.2, 0.25) is 0 Å². The molecule has 0 spiro atoms. The Morgan fingerprint density at radius 1 is 1.04 bits per heavy atom. The zero-order valence-corrected chi connectivity index (χ0v) is 17.6. The zero-order chi connectivity index (χ0) is 19.0. The number of carbonyl (C=O) groups is 1. The van der Waals surface area contributed by atoms with E-state index >= 15 is 0 Å². The SMILES string of the molecule is CC.CC.CC=O.CCOc1ccc2cc(C(C)PC)ccc2c1.